The maximum atomic E-state index is 12.3. The predicted molar refractivity (Wildman–Crippen MR) is 109 cm³/mol. The molecule has 0 N–H and O–H groups in total. The summed E-state index contributed by atoms with van der Waals surface area (Å²) in [6, 6.07) is 3.38. The normalized spacial score (nSPS) is 19.5. The van der Waals surface area contributed by atoms with Gasteiger partial charge in [-0.05, 0) is 49.0 Å². The molecule has 0 unspecified atom stereocenters. The highest BCUT2D eigenvalue weighted by molar-refractivity contribution is 6.32. The third kappa shape index (κ3) is 6.16. The number of hydrogen-bond acceptors (Lipinski definition) is 5. The van der Waals surface area contributed by atoms with Gasteiger partial charge in [0.2, 0.25) is 0 Å². The van der Waals surface area contributed by atoms with Gasteiger partial charge in [0.25, 0.3) is 5.91 Å². The molecule has 0 saturated carbocycles. The number of likely N-dealkylation sites (tertiary alicyclic amines) is 1. The van der Waals surface area contributed by atoms with Gasteiger partial charge in [0.15, 0.2) is 18.1 Å². The van der Waals surface area contributed by atoms with E-state index in [-0.39, 0.29) is 12.5 Å². The zero-order valence-corrected chi connectivity index (χ0v) is 17.6. The molecule has 1 saturated heterocycles. The lowest BCUT2D eigenvalue weighted by Crippen LogP contribution is -2.44. The standard InChI is InChI=1S/C21H28ClNO5/c1-5-27-18-10-16(9-17(22)21(18)26-4)6-7-20(25)28-13-19(24)23-11-14(2)8-15(3)12-23/h6-7,9-10,14-15H,5,8,11-13H2,1-4H3/b7-6+/t14-,15+. The molecular weight excluding hydrogens is 382 g/mol. The summed E-state index contributed by atoms with van der Waals surface area (Å²) < 4.78 is 15.8. The molecule has 1 fully saturated rings. The van der Waals surface area contributed by atoms with Gasteiger partial charge in [-0.15, -0.1) is 0 Å². The number of benzene rings is 1. The highest BCUT2D eigenvalue weighted by Gasteiger charge is 2.25. The van der Waals surface area contributed by atoms with Crippen molar-refractivity contribution in [2.45, 2.75) is 27.2 Å². The maximum absolute atomic E-state index is 12.3. The number of piperidine rings is 1. The second-order valence-corrected chi connectivity index (χ2v) is 7.56. The van der Waals surface area contributed by atoms with Crippen molar-refractivity contribution in [2.24, 2.45) is 11.8 Å². The van der Waals surface area contributed by atoms with Crippen molar-refractivity contribution >= 4 is 29.6 Å². The van der Waals surface area contributed by atoms with Crippen LogP contribution in [0.15, 0.2) is 18.2 Å². The van der Waals surface area contributed by atoms with Gasteiger partial charge in [0.1, 0.15) is 0 Å². The fraction of sp³-hybridized carbons (Fsp3) is 0.524. The van der Waals surface area contributed by atoms with Crippen molar-refractivity contribution in [3.63, 3.8) is 0 Å². The van der Waals surface area contributed by atoms with Crippen LogP contribution in [-0.4, -0.2) is 50.2 Å². The first-order valence-electron chi connectivity index (χ1n) is 9.47. The van der Waals surface area contributed by atoms with E-state index in [2.05, 4.69) is 13.8 Å². The molecule has 1 aromatic carbocycles. The molecule has 0 aliphatic carbocycles. The number of amides is 1. The Hall–Kier alpha value is -2.21. The summed E-state index contributed by atoms with van der Waals surface area (Å²) in [4.78, 5) is 26.0. The summed E-state index contributed by atoms with van der Waals surface area (Å²) >= 11 is 6.19. The summed E-state index contributed by atoms with van der Waals surface area (Å²) in [5.74, 6) is 1.11. The average molecular weight is 410 g/mol. The van der Waals surface area contributed by atoms with E-state index in [0.29, 0.717) is 53.6 Å². The van der Waals surface area contributed by atoms with Crippen LogP contribution in [0, 0.1) is 11.8 Å². The first kappa shape index (κ1) is 22.1. The van der Waals surface area contributed by atoms with Crippen LogP contribution in [0.25, 0.3) is 6.08 Å². The van der Waals surface area contributed by atoms with Crippen LogP contribution in [0.4, 0.5) is 0 Å². The molecule has 154 valence electrons. The van der Waals surface area contributed by atoms with Gasteiger partial charge in [0, 0.05) is 19.2 Å². The highest BCUT2D eigenvalue weighted by atomic mass is 35.5. The van der Waals surface area contributed by atoms with Crippen molar-refractivity contribution in [1.82, 2.24) is 4.90 Å². The fourth-order valence-electron chi connectivity index (χ4n) is 3.45. The second-order valence-electron chi connectivity index (χ2n) is 7.15. The van der Waals surface area contributed by atoms with Gasteiger partial charge in [0.05, 0.1) is 18.7 Å². The van der Waals surface area contributed by atoms with Crippen LogP contribution >= 0.6 is 11.6 Å². The maximum Gasteiger partial charge on any atom is 0.331 e. The number of methoxy groups -OCH3 is 1. The van der Waals surface area contributed by atoms with E-state index in [9.17, 15) is 9.59 Å². The second kappa shape index (κ2) is 10.4. The molecular formula is C21H28ClNO5. The lowest BCUT2D eigenvalue weighted by molar-refractivity contribution is -0.149. The number of esters is 1. The molecule has 6 nitrogen and oxygen atoms in total. The lowest BCUT2D eigenvalue weighted by atomic mass is 9.92. The zero-order chi connectivity index (χ0) is 20.7. The zero-order valence-electron chi connectivity index (χ0n) is 16.9. The van der Waals surface area contributed by atoms with Crippen LogP contribution in [-0.2, 0) is 14.3 Å². The van der Waals surface area contributed by atoms with Gasteiger partial charge < -0.3 is 19.1 Å². The molecule has 0 bridgehead atoms. The highest BCUT2D eigenvalue weighted by Crippen LogP contribution is 2.36. The molecule has 1 amide bonds. The Labute approximate surface area is 171 Å². The van der Waals surface area contributed by atoms with Crippen LogP contribution in [0.2, 0.25) is 5.02 Å². The molecule has 28 heavy (non-hydrogen) atoms. The quantitative estimate of drug-likeness (QED) is 0.506. The van der Waals surface area contributed by atoms with E-state index in [4.69, 9.17) is 25.8 Å². The summed E-state index contributed by atoms with van der Waals surface area (Å²) in [6.45, 7) is 7.73. The van der Waals surface area contributed by atoms with Crippen LogP contribution in [0.3, 0.4) is 0 Å². The molecule has 7 heteroatoms. The summed E-state index contributed by atoms with van der Waals surface area (Å²) in [5.41, 5.74) is 0.663. The van der Waals surface area contributed by atoms with E-state index in [1.807, 2.05) is 6.92 Å². The van der Waals surface area contributed by atoms with Crippen molar-refractivity contribution in [3.8, 4) is 11.5 Å². The van der Waals surface area contributed by atoms with Gasteiger partial charge >= 0.3 is 5.97 Å². The van der Waals surface area contributed by atoms with Gasteiger partial charge in [-0.1, -0.05) is 25.4 Å². The van der Waals surface area contributed by atoms with Crippen LogP contribution in [0.1, 0.15) is 32.8 Å². The number of halogens is 1. The largest absolute Gasteiger partial charge is 0.491 e. The van der Waals surface area contributed by atoms with Gasteiger partial charge in [-0.25, -0.2) is 4.79 Å². The Balaban J connectivity index is 1.93. The van der Waals surface area contributed by atoms with E-state index in [0.717, 1.165) is 6.42 Å². The first-order valence-corrected chi connectivity index (χ1v) is 9.84. The van der Waals surface area contributed by atoms with E-state index < -0.39 is 5.97 Å². The van der Waals surface area contributed by atoms with Crippen molar-refractivity contribution in [2.75, 3.05) is 33.4 Å². The van der Waals surface area contributed by atoms with E-state index in [1.54, 1.807) is 23.1 Å². The van der Waals surface area contributed by atoms with E-state index >= 15 is 0 Å². The Kier molecular flexibility index (Phi) is 8.18. The third-order valence-corrected chi connectivity index (χ3v) is 4.79. The monoisotopic (exact) mass is 409 g/mol. The molecule has 0 aromatic heterocycles. The summed E-state index contributed by atoms with van der Waals surface area (Å²) in [6.07, 6.45) is 3.94. The molecule has 1 aliphatic heterocycles. The number of rotatable bonds is 7. The Bertz CT molecular complexity index is 724. The number of nitrogens with zero attached hydrogens (tertiary/aromatic N) is 1. The smallest absolute Gasteiger partial charge is 0.331 e. The van der Waals surface area contributed by atoms with Gasteiger partial charge in [-0.3, -0.25) is 4.79 Å². The Morgan fingerprint density at radius 2 is 1.93 bits per heavy atom. The number of carbonyl (C=O) groups excluding carboxylic acids is 2. The molecule has 2 atom stereocenters. The third-order valence-electron chi connectivity index (χ3n) is 4.51. The number of hydrogen-bond donors (Lipinski definition) is 0. The molecule has 2 rings (SSSR count). The number of carbonyl (C=O) groups is 2. The Morgan fingerprint density at radius 1 is 1.25 bits per heavy atom. The molecule has 1 aliphatic rings. The van der Waals surface area contributed by atoms with Crippen LogP contribution in [0.5, 0.6) is 11.5 Å². The fourth-order valence-corrected chi connectivity index (χ4v) is 3.74. The van der Waals surface area contributed by atoms with Crippen molar-refractivity contribution < 1.29 is 23.8 Å². The molecule has 0 spiro atoms. The van der Waals surface area contributed by atoms with Crippen molar-refractivity contribution in [1.29, 1.82) is 0 Å². The SMILES string of the molecule is CCOc1cc(/C=C/C(=O)OCC(=O)N2C[C@H](C)C[C@H](C)C2)cc(Cl)c1OC. The van der Waals surface area contributed by atoms with Crippen molar-refractivity contribution in [3.05, 3.63) is 28.8 Å². The average Bonchev–Trinajstić information content (AvgIpc) is 2.63. The predicted octanol–water partition coefficient (Wildman–Crippen LogP) is 3.81. The van der Waals surface area contributed by atoms with E-state index in [1.165, 1.54) is 13.2 Å². The molecule has 1 aromatic rings. The molecule has 0 radical (unpaired) electrons. The minimum atomic E-state index is -0.587. The topological polar surface area (TPSA) is 65.1 Å². The Morgan fingerprint density at radius 3 is 2.54 bits per heavy atom. The number of ether oxygens (including phenoxy) is 3. The molecule has 1 heterocycles. The minimum Gasteiger partial charge on any atom is -0.491 e. The summed E-state index contributed by atoms with van der Waals surface area (Å²) in [5, 5.41) is 0.380. The summed E-state index contributed by atoms with van der Waals surface area (Å²) in [7, 11) is 1.51. The lowest BCUT2D eigenvalue weighted by Gasteiger charge is -2.34. The minimum absolute atomic E-state index is 0.161. The van der Waals surface area contributed by atoms with Gasteiger partial charge in [-0.2, -0.15) is 0 Å². The first-order chi connectivity index (χ1) is 13.3. The van der Waals surface area contributed by atoms with Crippen LogP contribution < -0.4 is 9.47 Å².